The number of hydrogen-bond acceptors (Lipinski definition) is 4. The van der Waals surface area contributed by atoms with Gasteiger partial charge in [-0.25, -0.2) is 14.0 Å². The summed E-state index contributed by atoms with van der Waals surface area (Å²) in [6.07, 6.45) is -5.16. The Morgan fingerprint density at radius 2 is 1.62 bits per heavy atom. The summed E-state index contributed by atoms with van der Waals surface area (Å²) < 4.78 is 54.7. The third kappa shape index (κ3) is 2.98. The fourth-order valence-electron chi connectivity index (χ4n) is 2.59. The fraction of sp³-hybridized carbons (Fsp3) is 0.133. The molecule has 7 nitrogen and oxygen atoms in total. The second-order valence-electron chi connectivity index (χ2n) is 5.22. The Labute approximate surface area is 141 Å². The third-order valence-electron chi connectivity index (χ3n) is 3.57. The number of nitrogens with two attached hydrogens (primary N) is 1. The predicted octanol–water partition coefficient (Wildman–Crippen LogP) is 2.49. The maximum absolute atomic E-state index is 14.4. The van der Waals surface area contributed by atoms with Gasteiger partial charge in [0.1, 0.15) is 22.8 Å². The number of nitrogen functional groups attached to an aromatic ring is 1. The quantitative estimate of drug-likeness (QED) is 0.610. The Balaban J connectivity index is 3.22. The van der Waals surface area contributed by atoms with Crippen LogP contribution in [0.5, 0.6) is 0 Å². The zero-order chi connectivity index (χ0) is 20.0. The Morgan fingerprint density at radius 3 is 2.08 bits per heavy atom. The van der Waals surface area contributed by atoms with Gasteiger partial charge in [0.25, 0.3) is 5.56 Å². The van der Waals surface area contributed by atoms with Crippen LogP contribution in [0.2, 0.25) is 0 Å². The van der Waals surface area contributed by atoms with E-state index in [0.29, 0.717) is 6.07 Å². The molecule has 1 aromatic carbocycles. The van der Waals surface area contributed by atoms with Gasteiger partial charge in [-0.1, -0.05) is 6.07 Å². The Bertz CT molecular complexity index is 995. The first kappa shape index (κ1) is 19.0. The number of alkyl halides is 3. The molecule has 1 heterocycles. The standard InChI is InChI=1S/C15H10F4N2O5/c1-4-2-3-5(16)6(10(4)15(17,18)19)7-8(13(23)24)11(20)21-12(22)9(7)14(25)26/h2-3H,1H3,(H,23,24)(H,25,26)(H3,20,21,22). The number of H-pyrrole nitrogens is 1. The van der Waals surface area contributed by atoms with Crippen molar-refractivity contribution in [2.24, 2.45) is 0 Å². The molecule has 11 heteroatoms. The highest BCUT2D eigenvalue weighted by atomic mass is 19.4. The first-order chi connectivity index (χ1) is 11.9. The molecule has 0 aliphatic rings. The lowest BCUT2D eigenvalue weighted by Gasteiger charge is -2.19. The Hall–Kier alpha value is -3.37. The van der Waals surface area contributed by atoms with E-state index in [9.17, 15) is 42.2 Å². The summed E-state index contributed by atoms with van der Waals surface area (Å²) in [4.78, 5) is 36.5. The average molecular weight is 374 g/mol. The minimum Gasteiger partial charge on any atom is -0.478 e. The lowest BCUT2D eigenvalue weighted by atomic mass is 9.89. The van der Waals surface area contributed by atoms with Crippen molar-refractivity contribution in [3.8, 4) is 11.1 Å². The number of pyridine rings is 1. The molecule has 2 aromatic rings. The van der Waals surface area contributed by atoms with E-state index < -0.39 is 68.7 Å². The van der Waals surface area contributed by atoms with E-state index in [-0.39, 0.29) is 0 Å². The average Bonchev–Trinajstić information content (AvgIpc) is 2.46. The minimum atomic E-state index is -5.16. The zero-order valence-corrected chi connectivity index (χ0v) is 12.9. The van der Waals surface area contributed by atoms with Crippen LogP contribution in [-0.4, -0.2) is 27.1 Å². The predicted molar refractivity (Wildman–Crippen MR) is 80.5 cm³/mol. The highest BCUT2D eigenvalue weighted by molar-refractivity contribution is 6.07. The van der Waals surface area contributed by atoms with Gasteiger partial charge in [-0.15, -0.1) is 0 Å². The van der Waals surface area contributed by atoms with Crippen LogP contribution in [-0.2, 0) is 6.18 Å². The molecule has 26 heavy (non-hydrogen) atoms. The van der Waals surface area contributed by atoms with Crippen LogP contribution < -0.4 is 11.3 Å². The topological polar surface area (TPSA) is 133 Å². The van der Waals surface area contributed by atoms with E-state index in [0.717, 1.165) is 13.0 Å². The number of halogens is 4. The van der Waals surface area contributed by atoms with Crippen molar-refractivity contribution < 1.29 is 37.4 Å². The van der Waals surface area contributed by atoms with E-state index in [2.05, 4.69) is 0 Å². The van der Waals surface area contributed by atoms with Crippen LogP contribution in [0.4, 0.5) is 23.4 Å². The number of aromatic amines is 1. The second kappa shape index (κ2) is 6.17. The van der Waals surface area contributed by atoms with E-state index >= 15 is 0 Å². The first-order valence-electron chi connectivity index (χ1n) is 6.76. The van der Waals surface area contributed by atoms with Crippen LogP contribution in [0.15, 0.2) is 16.9 Å². The number of rotatable bonds is 3. The van der Waals surface area contributed by atoms with Gasteiger partial charge in [0.2, 0.25) is 0 Å². The van der Waals surface area contributed by atoms with Gasteiger partial charge in [-0.2, -0.15) is 13.2 Å². The van der Waals surface area contributed by atoms with Gasteiger partial charge in [0.05, 0.1) is 5.56 Å². The monoisotopic (exact) mass is 374 g/mol. The summed E-state index contributed by atoms with van der Waals surface area (Å²) in [6, 6.07) is 1.40. The first-order valence-corrected chi connectivity index (χ1v) is 6.76. The minimum absolute atomic E-state index is 0.500. The molecule has 0 atom stereocenters. The van der Waals surface area contributed by atoms with E-state index in [1.165, 1.54) is 0 Å². The molecule has 1 aromatic heterocycles. The Morgan fingerprint density at radius 1 is 1.08 bits per heavy atom. The van der Waals surface area contributed by atoms with Crippen molar-refractivity contribution >= 4 is 17.8 Å². The van der Waals surface area contributed by atoms with E-state index in [1.54, 1.807) is 4.98 Å². The van der Waals surface area contributed by atoms with Crippen LogP contribution >= 0.6 is 0 Å². The molecule has 5 N–H and O–H groups in total. The molecule has 138 valence electrons. The van der Waals surface area contributed by atoms with Crippen molar-refractivity contribution in [2.45, 2.75) is 13.1 Å². The smallest absolute Gasteiger partial charge is 0.417 e. The largest absolute Gasteiger partial charge is 0.478 e. The normalized spacial score (nSPS) is 11.4. The summed E-state index contributed by atoms with van der Waals surface area (Å²) in [5, 5.41) is 18.5. The number of hydrogen-bond donors (Lipinski definition) is 4. The van der Waals surface area contributed by atoms with Crippen molar-refractivity contribution in [1.29, 1.82) is 0 Å². The molecule has 2 rings (SSSR count). The number of carboxylic acid groups (broad SMARTS) is 2. The summed E-state index contributed by atoms with van der Waals surface area (Å²) in [7, 11) is 0. The summed E-state index contributed by atoms with van der Waals surface area (Å²) in [6.45, 7) is 0.975. The van der Waals surface area contributed by atoms with E-state index in [1.807, 2.05) is 0 Å². The van der Waals surface area contributed by atoms with E-state index in [4.69, 9.17) is 5.73 Å². The number of carboxylic acids is 2. The molecule has 0 aliphatic carbocycles. The number of nitrogens with one attached hydrogen (secondary N) is 1. The summed E-state index contributed by atoms with van der Waals surface area (Å²) in [5.41, 5.74) is -3.37. The van der Waals surface area contributed by atoms with Crippen molar-refractivity contribution in [2.75, 3.05) is 5.73 Å². The van der Waals surface area contributed by atoms with Gasteiger partial charge >= 0.3 is 18.1 Å². The molecular formula is C15H10F4N2O5. The zero-order valence-electron chi connectivity index (χ0n) is 12.9. The third-order valence-corrected chi connectivity index (χ3v) is 3.57. The molecule has 0 amide bonds. The Kier molecular flexibility index (Phi) is 4.50. The molecule has 0 spiro atoms. The lowest BCUT2D eigenvalue weighted by Crippen LogP contribution is -2.25. The molecule has 0 bridgehead atoms. The number of anilines is 1. The van der Waals surface area contributed by atoms with Gasteiger partial charge in [-0.05, 0) is 18.6 Å². The van der Waals surface area contributed by atoms with Crippen molar-refractivity contribution in [3.63, 3.8) is 0 Å². The van der Waals surface area contributed by atoms with Gasteiger partial charge < -0.3 is 20.9 Å². The van der Waals surface area contributed by atoms with Crippen molar-refractivity contribution in [3.05, 3.63) is 50.6 Å². The fourth-order valence-corrected chi connectivity index (χ4v) is 2.59. The van der Waals surface area contributed by atoms with Crippen molar-refractivity contribution in [1.82, 2.24) is 4.98 Å². The number of aromatic nitrogens is 1. The van der Waals surface area contributed by atoms with Gasteiger partial charge in [0, 0.05) is 11.1 Å². The van der Waals surface area contributed by atoms with Crippen LogP contribution in [0, 0.1) is 12.7 Å². The number of aryl methyl sites for hydroxylation is 1. The summed E-state index contributed by atoms with van der Waals surface area (Å²) >= 11 is 0. The summed E-state index contributed by atoms with van der Waals surface area (Å²) in [5.74, 6) is -6.45. The van der Waals surface area contributed by atoms with Crippen LogP contribution in [0.3, 0.4) is 0 Å². The van der Waals surface area contributed by atoms with Crippen LogP contribution in [0.25, 0.3) is 11.1 Å². The molecule has 0 fully saturated rings. The highest BCUT2D eigenvalue weighted by Crippen LogP contribution is 2.43. The lowest BCUT2D eigenvalue weighted by molar-refractivity contribution is -0.137. The van der Waals surface area contributed by atoms with Gasteiger partial charge in [0.15, 0.2) is 0 Å². The SMILES string of the molecule is Cc1ccc(F)c(-c2c(C(=O)O)c(N)[nH]c(=O)c2C(=O)O)c1C(F)(F)F. The molecule has 0 aliphatic heterocycles. The maximum atomic E-state index is 14.4. The molecule has 0 saturated carbocycles. The highest BCUT2D eigenvalue weighted by Gasteiger charge is 2.40. The van der Waals surface area contributed by atoms with Crippen LogP contribution in [0.1, 0.15) is 31.8 Å². The van der Waals surface area contributed by atoms with Gasteiger partial charge in [-0.3, -0.25) is 4.79 Å². The molecule has 0 saturated heterocycles. The molecule has 0 radical (unpaired) electrons. The second-order valence-corrected chi connectivity index (χ2v) is 5.22. The molecule has 0 unspecified atom stereocenters. The maximum Gasteiger partial charge on any atom is 0.417 e. The number of carbonyl (C=O) groups is 2. The number of benzene rings is 1. The molecular weight excluding hydrogens is 364 g/mol. The number of aromatic carboxylic acids is 2.